The highest BCUT2D eigenvalue weighted by Crippen LogP contribution is 2.25. The lowest BCUT2D eigenvalue weighted by molar-refractivity contribution is 0.0334. The molecule has 0 radical (unpaired) electrons. The highest BCUT2D eigenvalue weighted by molar-refractivity contribution is 5.85. The number of morpholine rings is 1. The Kier molecular flexibility index (Phi) is 5.65. The monoisotopic (exact) mass is 338 g/mol. The molecule has 2 heterocycles. The number of ether oxygens (including phenoxy) is 1. The van der Waals surface area contributed by atoms with E-state index in [1.54, 1.807) is 0 Å². The van der Waals surface area contributed by atoms with Crippen molar-refractivity contribution in [1.82, 2.24) is 9.80 Å². The summed E-state index contributed by atoms with van der Waals surface area (Å²) in [7, 11) is 0. The molecule has 3 heteroatoms. The molecule has 0 spiro atoms. The first-order valence-corrected chi connectivity index (χ1v) is 9.87. The van der Waals surface area contributed by atoms with Crippen molar-refractivity contribution in [3.05, 3.63) is 48.0 Å². The van der Waals surface area contributed by atoms with Gasteiger partial charge in [0.25, 0.3) is 0 Å². The minimum Gasteiger partial charge on any atom is -0.379 e. The molecule has 0 amide bonds. The Morgan fingerprint density at radius 3 is 2.44 bits per heavy atom. The molecule has 0 unspecified atom stereocenters. The number of hydrogen-bond donors (Lipinski definition) is 0. The average Bonchev–Trinajstić information content (AvgIpc) is 2.69. The van der Waals surface area contributed by atoms with Crippen LogP contribution in [0.5, 0.6) is 0 Å². The fraction of sp³-hybridized carbons (Fsp3) is 0.545. The minimum absolute atomic E-state index is 0.909. The second-order valence-electron chi connectivity index (χ2n) is 7.60. The van der Waals surface area contributed by atoms with E-state index in [9.17, 15) is 0 Å². The Balaban J connectivity index is 1.27. The second-order valence-corrected chi connectivity index (χ2v) is 7.60. The van der Waals surface area contributed by atoms with Gasteiger partial charge in [-0.3, -0.25) is 9.80 Å². The molecule has 0 bridgehead atoms. The van der Waals surface area contributed by atoms with Crippen LogP contribution < -0.4 is 0 Å². The van der Waals surface area contributed by atoms with Crippen molar-refractivity contribution in [2.24, 2.45) is 5.92 Å². The molecule has 134 valence electrons. The van der Waals surface area contributed by atoms with Gasteiger partial charge in [0.2, 0.25) is 0 Å². The smallest absolute Gasteiger partial charge is 0.0594 e. The van der Waals surface area contributed by atoms with Crippen molar-refractivity contribution in [3.8, 4) is 0 Å². The zero-order valence-corrected chi connectivity index (χ0v) is 15.2. The Bertz CT molecular complexity index is 667. The van der Waals surface area contributed by atoms with Gasteiger partial charge in [-0.25, -0.2) is 0 Å². The molecule has 0 aliphatic carbocycles. The van der Waals surface area contributed by atoms with E-state index in [2.05, 4.69) is 52.3 Å². The summed E-state index contributed by atoms with van der Waals surface area (Å²) in [5.74, 6) is 0.909. The number of fused-ring (bicyclic) bond motifs is 1. The van der Waals surface area contributed by atoms with Gasteiger partial charge in [0.05, 0.1) is 13.2 Å². The minimum atomic E-state index is 0.909. The third-order valence-electron chi connectivity index (χ3n) is 5.94. The molecule has 25 heavy (non-hydrogen) atoms. The van der Waals surface area contributed by atoms with Gasteiger partial charge >= 0.3 is 0 Å². The summed E-state index contributed by atoms with van der Waals surface area (Å²) in [6.45, 7) is 8.94. The predicted molar refractivity (Wildman–Crippen MR) is 104 cm³/mol. The van der Waals surface area contributed by atoms with Crippen LogP contribution in [0.25, 0.3) is 10.8 Å². The first-order valence-electron chi connectivity index (χ1n) is 9.87. The van der Waals surface area contributed by atoms with Crippen molar-refractivity contribution in [2.75, 3.05) is 45.9 Å². The standard InChI is InChI=1S/C22H30N2O/c1-2-7-22-20(4-1)5-3-6-21(22)18-24-12-9-19(10-13-24)8-11-23-14-16-25-17-15-23/h1-7,19H,8-18H2. The van der Waals surface area contributed by atoms with Crippen molar-refractivity contribution < 1.29 is 4.74 Å². The molecular weight excluding hydrogens is 308 g/mol. The summed E-state index contributed by atoms with van der Waals surface area (Å²) < 4.78 is 5.44. The van der Waals surface area contributed by atoms with Gasteiger partial charge in [0.15, 0.2) is 0 Å². The van der Waals surface area contributed by atoms with E-state index in [1.807, 2.05) is 0 Å². The molecule has 4 rings (SSSR count). The number of piperidine rings is 1. The van der Waals surface area contributed by atoms with Gasteiger partial charge in [-0.1, -0.05) is 42.5 Å². The Hall–Kier alpha value is -1.42. The highest BCUT2D eigenvalue weighted by atomic mass is 16.5. The Morgan fingerprint density at radius 1 is 0.840 bits per heavy atom. The summed E-state index contributed by atoms with van der Waals surface area (Å²) in [6.07, 6.45) is 4.08. The number of nitrogens with zero attached hydrogens (tertiary/aromatic N) is 2. The maximum absolute atomic E-state index is 5.44. The van der Waals surface area contributed by atoms with Crippen LogP contribution in [0.2, 0.25) is 0 Å². The second kappa shape index (κ2) is 8.31. The Morgan fingerprint density at radius 2 is 1.60 bits per heavy atom. The largest absolute Gasteiger partial charge is 0.379 e. The summed E-state index contributed by atoms with van der Waals surface area (Å²) in [4.78, 5) is 5.22. The average molecular weight is 338 g/mol. The van der Waals surface area contributed by atoms with Crippen LogP contribution in [0, 0.1) is 5.92 Å². The molecule has 2 aliphatic heterocycles. The van der Waals surface area contributed by atoms with E-state index in [0.717, 1.165) is 38.8 Å². The molecule has 2 aromatic carbocycles. The molecule has 0 N–H and O–H groups in total. The van der Waals surface area contributed by atoms with Gasteiger partial charge in [-0.05, 0) is 61.2 Å². The van der Waals surface area contributed by atoms with Crippen LogP contribution in [-0.4, -0.2) is 55.7 Å². The molecule has 2 fully saturated rings. The summed E-state index contributed by atoms with van der Waals surface area (Å²) in [6, 6.07) is 15.5. The molecule has 2 saturated heterocycles. The third kappa shape index (κ3) is 4.41. The van der Waals surface area contributed by atoms with E-state index >= 15 is 0 Å². The summed E-state index contributed by atoms with van der Waals surface area (Å²) in [5.41, 5.74) is 1.48. The SMILES string of the molecule is c1ccc2c(CN3CCC(CCN4CCOCC4)CC3)cccc2c1. The number of benzene rings is 2. The lowest BCUT2D eigenvalue weighted by Gasteiger charge is -2.34. The highest BCUT2D eigenvalue weighted by Gasteiger charge is 2.21. The van der Waals surface area contributed by atoms with Gasteiger partial charge in [0.1, 0.15) is 0 Å². The zero-order valence-electron chi connectivity index (χ0n) is 15.2. The normalized spacial score (nSPS) is 21.0. The van der Waals surface area contributed by atoms with E-state index in [-0.39, 0.29) is 0 Å². The number of hydrogen-bond acceptors (Lipinski definition) is 3. The van der Waals surface area contributed by atoms with Gasteiger partial charge in [-0.15, -0.1) is 0 Å². The molecule has 2 aromatic rings. The molecule has 0 saturated carbocycles. The summed E-state index contributed by atoms with van der Waals surface area (Å²) >= 11 is 0. The quantitative estimate of drug-likeness (QED) is 0.825. The van der Waals surface area contributed by atoms with Crippen molar-refractivity contribution in [3.63, 3.8) is 0 Å². The molecule has 3 nitrogen and oxygen atoms in total. The Labute approximate surface area is 151 Å². The van der Waals surface area contributed by atoms with Crippen molar-refractivity contribution in [2.45, 2.75) is 25.8 Å². The number of likely N-dealkylation sites (tertiary alicyclic amines) is 1. The lowest BCUT2D eigenvalue weighted by atomic mass is 9.92. The van der Waals surface area contributed by atoms with Crippen LogP contribution in [0.1, 0.15) is 24.8 Å². The van der Waals surface area contributed by atoms with Crippen molar-refractivity contribution in [1.29, 1.82) is 0 Å². The van der Waals surface area contributed by atoms with E-state index < -0.39 is 0 Å². The summed E-state index contributed by atoms with van der Waals surface area (Å²) in [5, 5.41) is 2.78. The fourth-order valence-corrected chi connectivity index (χ4v) is 4.29. The first kappa shape index (κ1) is 17.0. The van der Waals surface area contributed by atoms with E-state index in [0.29, 0.717) is 0 Å². The lowest BCUT2D eigenvalue weighted by Crippen LogP contribution is -2.39. The fourth-order valence-electron chi connectivity index (χ4n) is 4.29. The van der Waals surface area contributed by atoms with Crippen molar-refractivity contribution >= 4 is 10.8 Å². The van der Waals surface area contributed by atoms with Crippen LogP contribution in [-0.2, 0) is 11.3 Å². The third-order valence-corrected chi connectivity index (χ3v) is 5.94. The molecule has 2 aliphatic rings. The van der Waals surface area contributed by atoms with Crippen LogP contribution in [0.3, 0.4) is 0 Å². The van der Waals surface area contributed by atoms with E-state index in [4.69, 9.17) is 4.74 Å². The van der Waals surface area contributed by atoms with Gasteiger partial charge in [-0.2, -0.15) is 0 Å². The van der Waals surface area contributed by atoms with Crippen LogP contribution >= 0.6 is 0 Å². The van der Waals surface area contributed by atoms with Crippen LogP contribution in [0.4, 0.5) is 0 Å². The predicted octanol–water partition coefficient (Wildman–Crippen LogP) is 3.77. The first-order chi connectivity index (χ1) is 12.4. The van der Waals surface area contributed by atoms with E-state index in [1.165, 1.54) is 55.2 Å². The van der Waals surface area contributed by atoms with Crippen LogP contribution in [0.15, 0.2) is 42.5 Å². The van der Waals surface area contributed by atoms with Gasteiger partial charge < -0.3 is 4.74 Å². The molecule has 0 aromatic heterocycles. The topological polar surface area (TPSA) is 15.7 Å². The molecular formula is C22H30N2O. The van der Waals surface area contributed by atoms with Gasteiger partial charge in [0, 0.05) is 19.6 Å². The zero-order chi connectivity index (χ0) is 16.9. The molecule has 0 atom stereocenters. The maximum Gasteiger partial charge on any atom is 0.0594 e. The maximum atomic E-state index is 5.44. The number of rotatable bonds is 5.